The summed E-state index contributed by atoms with van der Waals surface area (Å²) in [6.07, 6.45) is 1.87. The topological polar surface area (TPSA) is 41.9 Å². The van der Waals surface area contributed by atoms with Crippen LogP contribution in [0.4, 0.5) is 5.69 Å². The van der Waals surface area contributed by atoms with Crippen LogP contribution >= 0.6 is 31.9 Å². The van der Waals surface area contributed by atoms with Crippen molar-refractivity contribution in [2.45, 2.75) is 6.61 Å². The van der Waals surface area contributed by atoms with Crippen molar-refractivity contribution in [1.29, 1.82) is 0 Å². The lowest BCUT2D eigenvalue weighted by Gasteiger charge is -2.12. The largest absolute Gasteiger partial charge is 0.487 e. The van der Waals surface area contributed by atoms with E-state index in [-0.39, 0.29) is 5.91 Å². The summed E-state index contributed by atoms with van der Waals surface area (Å²) in [6, 6.07) is 33.1. The first-order chi connectivity index (χ1) is 17.1. The highest BCUT2D eigenvalue weighted by molar-refractivity contribution is 9.11. The summed E-state index contributed by atoms with van der Waals surface area (Å²) in [6.45, 7) is 0.452. The maximum Gasteiger partial charge on any atom is 0.281 e. The SMILES string of the molecule is O=C1/C(=C\c2cc(Br)c(OCc3ccccc3)c(Br)c2)C(c2ccccc2)=NN1c1ccccc1. The smallest absolute Gasteiger partial charge is 0.281 e. The number of hydrazone groups is 1. The molecule has 0 N–H and O–H groups in total. The first kappa shape index (κ1) is 23.3. The Hall–Kier alpha value is -3.48. The maximum atomic E-state index is 13.5. The summed E-state index contributed by atoms with van der Waals surface area (Å²) in [5.41, 5.74) is 4.69. The number of hydrogen-bond donors (Lipinski definition) is 0. The first-order valence-corrected chi connectivity index (χ1v) is 12.6. The Labute approximate surface area is 220 Å². The lowest BCUT2D eigenvalue weighted by Crippen LogP contribution is -2.21. The number of hydrogen-bond acceptors (Lipinski definition) is 3. The van der Waals surface area contributed by atoms with E-state index >= 15 is 0 Å². The molecule has 6 heteroatoms. The van der Waals surface area contributed by atoms with Gasteiger partial charge in [-0.3, -0.25) is 4.79 Å². The van der Waals surface area contributed by atoms with E-state index in [1.54, 1.807) is 0 Å². The zero-order valence-corrected chi connectivity index (χ0v) is 21.7. The monoisotopic (exact) mass is 586 g/mol. The lowest BCUT2D eigenvalue weighted by molar-refractivity contribution is -0.114. The van der Waals surface area contributed by atoms with Crippen molar-refractivity contribution in [3.63, 3.8) is 0 Å². The summed E-state index contributed by atoms with van der Waals surface area (Å²) in [4.78, 5) is 13.5. The van der Waals surface area contributed by atoms with Gasteiger partial charge in [-0.1, -0.05) is 78.9 Å². The van der Waals surface area contributed by atoms with Gasteiger partial charge in [-0.25, -0.2) is 0 Å². The molecule has 0 unspecified atom stereocenters. The number of carbonyl (C=O) groups excluding carboxylic acids is 1. The van der Waals surface area contributed by atoms with Gasteiger partial charge in [0.1, 0.15) is 18.1 Å². The van der Waals surface area contributed by atoms with E-state index in [1.807, 2.05) is 109 Å². The predicted octanol–water partition coefficient (Wildman–Crippen LogP) is 7.63. The minimum Gasteiger partial charge on any atom is -0.487 e. The van der Waals surface area contributed by atoms with Crippen molar-refractivity contribution in [3.8, 4) is 5.75 Å². The second-order valence-electron chi connectivity index (χ2n) is 7.91. The predicted molar refractivity (Wildman–Crippen MR) is 147 cm³/mol. The molecule has 4 aromatic carbocycles. The third kappa shape index (κ3) is 5.14. The van der Waals surface area contributed by atoms with Crippen LogP contribution in [0.3, 0.4) is 0 Å². The minimum absolute atomic E-state index is 0.174. The van der Waals surface area contributed by atoms with Gasteiger partial charge in [-0.15, -0.1) is 0 Å². The van der Waals surface area contributed by atoms with Crippen LogP contribution < -0.4 is 9.75 Å². The Kier molecular flexibility index (Phi) is 6.93. The maximum absolute atomic E-state index is 13.5. The number of rotatable bonds is 6. The van der Waals surface area contributed by atoms with E-state index in [1.165, 1.54) is 5.01 Å². The molecule has 0 radical (unpaired) electrons. The number of para-hydroxylation sites is 1. The highest BCUT2D eigenvalue weighted by Gasteiger charge is 2.32. The standard InChI is InChI=1S/C29H20Br2N2O2/c30-25-17-21(18-26(31)28(25)35-19-20-10-4-1-5-11-20)16-24-27(22-12-6-2-7-13-22)32-33(29(24)34)23-14-8-3-9-15-23/h1-18H,19H2/b24-16-. The third-order valence-corrected chi connectivity index (χ3v) is 6.66. The van der Waals surface area contributed by atoms with Gasteiger partial charge in [-0.2, -0.15) is 10.1 Å². The van der Waals surface area contributed by atoms with Crippen LogP contribution in [0, 0.1) is 0 Å². The molecule has 4 nitrogen and oxygen atoms in total. The summed E-state index contributed by atoms with van der Waals surface area (Å²) < 4.78 is 7.63. The van der Waals surface area contributed by atoms with E-state index in [2.05, 4.69) is 31.9 Å². The van der Waals surface area contributed by atoms with Gasteiger partial charge in [0.15, 0.2) is 0 Å². The summed E-state index contributed by atoms with van der Waals surface area (Å²) in [5.74, 6) is 0.531. The van der Waals surface area contributed by atoms with Gasteiger partial charge in [0.25, 0.3) is 5.91 Å². The van der Waals surface area contributed by atoms with E-state index in [0.717, 1.165) is 31.3 Å². The zero-order valence-electron chi connectivity index (χ0n) is 18.6. The molecule has 5 rings (SSSR count). The molecule has 0 aromatic heterocycles. The van der Waals surface area contributed by atoms with Crippen molar-refractivity contribution in [2.24, 2.45) is 5.10 Å². The number of benzene rings is 4. The van der Waals surface area contributed by atoms with Crippen LogP contribution in [0.2, 0.25) is 0 Å². The highest BCUT2D eigenvalue weighted by atomic mass is 79.9. The summed E-state index contributed by atoms with van der Waals surface area (Å²) in [5, 5.41) is 6.15. The fourth-order valence-corrected chi connectivity index (χ4v) is 5.25. The van der Waals surface area contributed by atoms with Crippen LogP contribution in [0.1, 0.15) is 16.7 Å². The third-order valence-electron chi connectivity index (χ3n) is 5.48. The van der Waals surface area contributed by atoms with Crippen LogP contribution in [-0.4, -0.2) is 11.6 Å². The molecule has 4 aromatic rings. The molecule has 1 amide bonds. The number of amides is 1. The van der Waals surface area contributed by atoms with Gasteiger partial charge in [-0.05, 0) is 73.3 Å². The highest BCUT2D eigenvalue weighted by Crippen LogP contribution is 2.37. The number of ether oxygens (including phenoxy) is 1. The zero-order chi connectivity index (χ0) is 24.2. The van der Waals surface area contributed by atoms with E-state index in [4.69, 9.17) is 9.84 Å². The van der Waals surface area contributed by atoms with Crippen LogP contribution in [0.15, 0.2) is 123 Å². The molecule has 172 valence electrons. The summed E-state index contributed by atoms with van der Waals surface area (Å²) in [7, 11) is 0. The molecule has 0 bridgehead atoms. The Balaban J connectivity index is 1.49. The number of nitrogens with zero attached hydrogens (tertiary/aromatic N) is 2. The average Bonchev–Trinajstić information content (AvgIpc) is 3.21. The van der Waals surface area contributed by atoms with E-state index in [0.29, 0.717) is 23.6 Å². The fraction of sp³-hybridized carbons (Fsp3) is 0.0345. The van der Waals surface area contributed by atoms with Gasteiger partial charge in [0.05, 0.1) is 20.2 Å². The average molecular weight is 588 g/mol. The molecule has 0 fully saturated rings. The van der Waals surface area contributed by atoms with Crippen molar-refractivity contribution in [3.05, 3.63) is 134 Å². The number of anilines is 1. The second kappa shape index (κ2) is 10.4. The molecule has 0 atom stereocenters. The number of halogens is 2. The van der Waals surface area contributed by atoms with Gasteiger partial charge in [0.2, 0.25) is 0 Å². The quantitative estimate of drug-likeness (QED) is 0.218. The fourth-order valence-electron chi connectivity index (χ4n) is 3.80. The Bertz CT molecular complexity index is 1400. The Morgan fingerprint density at radius 1 is 0.800 bits per heavy atom. The number of carbonyl (C=O) groups is 1. The van der Waals surface area contributed by atoms with Crippen molar-refractivity contribution in [1.82, 2.24) is 0 Å². The normalized spacial score (nSPS) is 14.3. The molecule has 0 saturated carbocycles. The van der Waals surface area contributed by atoms with E-state index in [9.17, 15) is 4.79 Å². The van der Waals surface area contributed by atoms with Crippen LogP contribution in [0.5, 0.6) is 5.75 Å². The van der Waals surface area contributed by atoms with Crippen LogP contribution in [-0.2, 0) is 11.4 Å². The van der Waals surface area contributed by atoms with Crippen molar-refractivity contribution < 1.29 is 9.53 Å². The molecule has 35 heavy (non-hydrogen) atoms. The molecule has 0 saturated heterocycles. The minimum atomic E-state index is -0.174. The molecular weight excluding hydrogens is 568 g/mol. The second-order valence-corrected chi connectivity index (χ2v) is 9.62. The van der Waals surface area contributed by atoms with Gasteiger partial charge >= 0.3 is 0 Å². The molecule has 1 aliphatic heterocycles. The van der Waals surface area contributed by atoms with Crippen molar-refractivity contribution in [2.75, 3.05) is 5.01 Å². The summed E-state index contributed by atoms with van der Waals surface area (Å²) >= 11 is 7.27. The molecule has 0 aliphatic carbocycles. The van der Waals surface area contributed by atoms with Crippen molar-refractivity contribution >= 4 is 55.2 Å². The van der Waals surface area contributed by atoms with Gasteiger partial charge in [0, 0.05) is 5.56 Å². The first-order valence-electron chi connectivity index (χ1n) is 11.0. The molecule has 0 spiro atoms. The molecule has 1 heterocycles. The van der Waals surface area contributed by atoms with Gasteiger partial charge < -0.3 is 4.74 Å². The lowest BCUT2D eigenvalue weighted by atomic mass is 10.0. The van der Waals surface area contributed by atoms with E-state index < -0.39 is 0 Å². The molecule has 1 aliphatic rings. The van der Waals surface area contributed by atoms with Crippen LogP contribution in [0.25, 0.3) is 6.08 Å². The Morgan fingerprint density at radius 3 is 2.00 bits per heavy atom. The Morgan fingerprint density at radius 2 is 1.37 bits per heavy atom. The molecular formula is C29H20Br2N2O2.